The fraction of sp³-hybridized carbons (Fsp3) is 0.286. The Morgan fingerprint density at radius 2 is 1.75 bits per heavy atom. The molecule has 1 aromatic heterocycles. The molecule has 3 nitrogen and oxygen atoms in total. The number of piperazine rings is 1. The van der Waals surface area contributed by atoms with E-state index in [0.29, 0.717) is 29.4 Å². The van der Waals surface area contributed by atoms with Crippen molar-refractivity contribution < 1.29 is 13.2 Å². The van der Waals surface area contributed by atoms with Crippen LogP contribution in [0, 0.1) is 0 Å². The van der Waals surface area contributed by atoms with Crippen LogP contribution in [0.15, 0.2) is 54.6 Å². The standard InChI is InChI=1S/C21H19ClF3N3/c22-17-7-6-15(21(23,24)25)13-16(17)20(28-11-9-26-10-12-28)19-8-5-14-3-1-2-4-18(14)27-19/h1-8,13,20,26H,9-12H2. The summed E-state index contributed by atoms with van der Waals surface area (Å²) in [5.74, 6) is 0. The number of hydrogen-bond acceptors (Lipinski definition) is 3. The van der Waals surface area contributed by atoms with Crippen molar-refractivity contribution in [3.8, 4) is 0 Å². The highest BCUT2D eigenvalue weighted by Crippen LogP contribution is 2.38. The van der Waals surface area contributed by atoms with Gasteiger partial charge in [0.2, 0.25) is 0 Å². The molecule has 1 saturated heterocycles. The molecule has 1 atom stereocenters. The molecule has 4 rings (SSSR count). The number of hydrogen-bond donors (Lipinski definition) is 1. The van der Waals surface area contributed by atoms with Gasteiger partial charge in [0.15, 0.2) is 0 Å². The zero-order valence-electron chi connectivity index (χ0n) is 15.0. The fourth-order valence-electron chi connectivity index (χ4n) is 3.65. The van der Waals surface area contributed by atoms with Crippen molar-refractivity contribution in [2.45, 2.75) is 12.2 Å². The van der Waals surface area contributed by atoms with Crippen LogP contribution in [-0.2, 0) is 6.18 Å². The number of rotatable bonds is 3. The van der Waals surface area contributed by atoms with Crippen LogP contribution in [0.2, 0.25) is 5.02 Å². The maximum atomic E-state index is 13.3. The third-order valence-electron chi connectivity index (χ3n) is 5.03. The molecule has 146 valence electrons. The van der Waals surface area contributed by atoms with Gasteiger partial charge in [-0.3, -0.25) is 9.88 Å². The molecule has 0 aliphatic carbocycles. The molecular formula is C21H19ClF3N3. The number of para-hydroxylation sites is 1. The van der Waals surface area contributed by atoms with Crippen molar-refractivity contribution >= 4 is 22.5 Å². The normalized spacial score (nSPS) is 17.0. The van der Waals surface area contributed by atoms with Crippen LogP contribution in [0.3, 0.4) is 0 Å². The third-order valence-corrected chi connectivity index (χ3v) is 5.38. The number of pyridine rings is 1. The minimum atomic E-state index is -4.43. The van der Waals surface area contributed by atoms with Gasteiger partial charge in [-0.05, 0) is 35.9 Å². The molecule has 7 heteroatoms. The van der Waals surface area contributed by atoms with Gasteiger partial charge in [0, 0.05) is 36.6 Å². The highest BCUT2D eigenvalue weighted by molar-refractivity contribution is 6.31. The second-order valence-electron chi connectivity index (χ2n) is 6.85. The largest absolute Gasteiger partial charge is 0.416 e. The highest BCUT2D eigenvalue weighted by atomic mass is 35.5. The van der Waals surface area contributed by atoms with E-state index in [2.05, 4.69) is 10.2 Å². The molecule has 1 aliphatic heterocycles. The molecule has 1 fully saturated rings. The first-order valence-electron chi connectivity index (χ1n) is 9.10. The number of fused-ring (bicyclic) bond motifs is 1. The summed E-state index contributed by atoms with van der Waals surface area (Å²) < 4.78 is 40.0. The Morgan fingerprint density at radius 1 is 1.00 bits per heavy atom. The molecule has 0 bridgehead atoms. The SMILES string of the molecule is FC(F)(F)c1ccc(Cl)c(C(c2ccc3ccccc3n2)N2CCNCC2)c1. The Morgan fingerprint density at radius 3 is 2.50 bits per heavy atom. The summed E-state index contributed by atoms with van der Waals surface area (Å²) in [5, 5.41) is 4.58. The zero-order valence-corrected chi connectivity index (χ0v) is 15.8. The van der Waals surface area contributed by atoms with E-state index in [-0.39, 0.29) is 0 Å². The van der Waals surface area contributed by atoms with E-state index in [9.17, 15) is 13.2 Å². The van der Waals surface area contributed by atoms with Crippen molar-refractivity contribution in [2.24, 2.45) is 0 Å². The molecule has 28 heavy (non-hydrogen) atoms. The average molecular weight is 406 g/mol. The molecule has 0 radical (unpaired) electrons. The summed E-state index contributed by atoms with van der Waals surface area (Å²) in [7, 11) is 0. The quantitative estimate of drug-likeness (QED) is 0.671. The van der Waals surface area contributed by atoms with Gasteiger partial charge in [0.05, 0.1) is 22.8 Å². The molecule has 0 amide bonds. The van der Waals surface area contributed by atoms with Gasteiger partial charge in [-0.15, -0.1) is 0 Å². The van der Waals surface area contributed by atoms with E-state index < -0.39 is 17.8 Å². The minimum absolute atomic E-state index is 0.312. The van der Waals surface area contributed by atoms with E-state index in [0.717, 1.165) is 36.1 Å². The van der Waals surface area contributed by atoms with Crippen LogP contribution in [-0.4, -0.2) is 36.1 Å². The first-order chi connectivity index (χ1) is 13.4. The maximum absolute atomic E-state index is 13.3. The van der Waals surface area contributed by atoms with E-state index in [4.69, 9.17) is 16.6 Å². The number of halogens is 4. The van der Waals surface area contributed by atoms with E-state index >= 15 is 0 Å². The molecule has 1 unspecified atom stereocenters. The summed E-state index contributed by atoms with van der Waals surface area (Å²) in [4.78, 5) is 6.89. The molecule has 0 spiro atoms. The van der Waals surface area contributed by atoms with Gasteiger partial charge in [-0.1, -0.05) is 35.9 Å². The predicted molar refractivity (Wildman–Crippen MR) is 104 cm³/mol. The Kier molecular flexibility index (Phi) is 5.27. The second kappa shape index (κ2) is 7.70. The molecule has 0 saturated carbocycles. The Balaban J connectivity index is 1.86. The summed E-state index contributed by atoms with van der Waals surface area (Å²) >= 11 is 6.39. The van der Waals surface area contributed by atoms with Crippen LogP contribution < -0.4 is 5.32 Å². The van der Waals surface area contributed by atoms with Crippen molar-refractivity contribution in [1.29, 1.82) is 0 Å². The zero-order chi connectivity index (χ0) is 19.7. The van der Waals surface area contributed by atoms with Gasteiger partial charge < -0.3 is 5.32 Å². The molecule has 3 aromatic rings. The number of nitrogens with zero attached hydrogens (tertiary/aromatic N) is 2. The fourth-order valence-corrected chi connectivity index (χ4v) is 3.87. The topological polar surface area (TPSA) is 28.2 Å². The van der Waals surface area contributed by atoms with E-state index in [1.807, 2.05) is 36.4 Å². The summed E-state index contributed by atoms with van der Waals surface area (Å²) in [6.45, 7) is 2.93. The molecule has 1 aliphatic rings. The predicted octanol–water partition coefficient (Wildman–Crippen LogP) is 4.90. The van der Waals surface area contributed by atoms with Gasteiger partial charge in [0.1, 0.15) is 0 Å². The Hall–Kier alpha value is -2.15. The Bertz CT molecular complexity index is 984. The molecule has 2 aromatic carbocycles. The summed E-state index contributed by atoms with van der Waals surface area (Å²) in [6, 6.07) is 14.6. The lowest BCUT2D eigenvalue weighted by atomic mass is 9.97. The van der Waals surface area contributed by atoms with Gasteiger partial charge >= 0.3 is 6.18 Å². The lowest BCUT2D eigenvalue weighted by Gasteiger charge is -2.35. The van der Waals surface area contributed by atoms with Crippen molar-refractivity contribution in [3.05, 3.63) is 76.4 Å². The van der Waals surface area contributed by atoms with Crippen molar-refractivity contribution in [2.75, 3.05) is 26.2 Å². The monoisotopic (exact) mass is 405 g/mol. The van der Waals surface area contributed by atoms with E-state index in [1.165, 1.54) is 6.07 Å². The number of alkyl halides is 3. The molecular weight excluding hydrogens is 387 g/mol. The van der Waals surface area contributed by atoms with Crippen LogP contribution in [0.1, 0.15) is 22.9 Å². The average Bonchev–Trinajstić information content (AvgIpc) is 2.69. The van der Waals surface area contributed by atoms with Crippen LogP contribution in [0.4, 0.5) is 13.2 Å². The summed E-state index contributed by atoms with van der Waals surface area (Å²) in [6.07, 6.45) is -4.43. The van der Waals surface area contributed by atoms with Crippen LogP contribution in [0.5, 0.6) is 0 Å². The maximum Gasteiger partial charge on any atom is 0.416 e. The van der Waals surface area contributed by atoms with Gasteiger partial charge in [-0.25, -0.2) is 0 Å². The minimum Gasteiger partial charge on any atom is -0.314 e. The highest BCUT2D eigenvalue weighted by Gasteiger charge is 2.34. The van der Waals surface area contributed by atoms with Gasteiger partial charge in [-0.2, -0.15) is 13.2 Å². The summed E-state index contributed by atoms with van der Waals surface area (Å²) in [5.41, 5.74) is 1.24. The van der Waals surface area contributed by atoms with Crippen molar-refractivity contribution in [1.82, 2.24) is 15.2 Å². The lowest BCUT2D eigenvalue weighted by Crippen LogP contribution is -2.45. The van der Waals surface area contributed by atoms with Crippen LogP contribution >= 0.6 is 11.6 Å². The second-order valence-corrected chi connectivity index (χ2v) is 7.26. The first kappa shape index (κ1) is 19.2. The molecule has 1 N–H and O–H groups in total. The van der Waals surface area contributed by atoms with Crippen LogP contribution in [0.25, 0.3) is 10.9 Å². The molecule has 2 heterocycles. The number of aromatic nitrogens is 1. The first-order valence-corrected chi connectivity index (χ1v) is 9.48. The smallest absolute Gasteiger partial charge is 0.314 e. The Labute approximate surface area is 166 Å². The number of nitrogens with one attached hydrogen (secondary N) is 1. The lowest BCUT2D eigenvalue weighted by molar-refractivity contribution is -0.137. The van der Waals surface area contributed by atoms with Gasteiger partial charge in [0.25, 0.3) is 0 Å². The van der Waals surface area contributed by atoms with Crippen molar-refractivity contribution in [3.63, 3.8) is 0 Å². The number of benzene rings is 2. The van der Waals surface area contributed by atoms with E-state index in [1.54, 1.807) is 0 Å². The third kappa shape index (κ3) is 3.85.